The predicted molar refractivity (Wildman–Crippen MR) is 69.4 cm³/mol. The second kappa shape index (κ2) is 6.14. The second-order valence-electron chi connectivity index (χ2n) is 4.31. The molecular formula is C12H17NO5S. The van der Waals surface area contributed by atoms with Gasteiger partial charge in [-0.2, -0.15) is 0 Å². The zero-order valence-electron chi connectivity index (χ0n) is 10.8. The van der Waals surface area contributed by atoms with Crippen LogP contribution in [0.5, 0.6) is 0 Å². The summed E-state index contributed by atoms with van der Waals surface area (Å²) in [6.07, 6.45) is -1.75. The van der Waals surface area contributed by atoms with Crippen molar-refractivity contribution in [3.8, 4) is 0 Å². The minimum atomic E-state index is -3.68. The van der Waals surface area contributed by atoms with Gasteiger partial charge in [0, 0.05) is 6.54 Å². The van der Waals surface area contributed by atoms with Gasteiger partial charge < -0.3 is 10.2 Å². The van der Waals surface area contributed by atoms with Gasteiger partial charge in [-0.25, -0.2) is 17.9 Å². The third kappa shape index (κ3) is 4.30. The maximum atomic E-state index is 12.0. The van der Waals surface area contributed by atoms with E-state index in [4.69, 9.17) is 10.2 Å². The number of aryl methyl sites for hydroxylation is 2. The molecule has 0 aliphatic rings. The van der Waals surface area contributed by atoms with E-state index >= 15 is 0 Å². The van der Waals surface area contributed by atoms with Crippen molar-refractivity contribution < 1.29 is 23.4 Å². The van der Waals surface area contributed by atoms with E-state index < -0.39 is 22.1 Å². The molecule has 0 fully saturated rings. The largest absolute Gasteiger partial charge is 0.479 e. The summed E-state index contributed by atoms with van der Waals surface area (Å²) in [5.74, 6) is -1.37. The van der Waals surface area contributed by atoms with Crippen molar-refractivity contribution in [1.29, 1.82) is 0 Å². The monoisotopic (exact) mass is 287 g/mol. The molecule has 0 bridgehead atoms. The SMILES string of the molecule is Cc1ccc(S(=O)(=O)NCCC(O)C(=O)O)c(C)c1. The van der Waals surface area contributed by atoms with Crippen LogP contribution in [-0.2, 0) is 14.8 Å². The van der Waals surface area contributed by atoms with Crippen LogP contribution < -0.4 is 4.72 Å². The van der Waals surface area contributed by atoms with Gasteiger partial charge in [-0.1, -0.05) is 17.7 Å². The molecule has 0 saturated carbocycles. The summed E-state index contributed by atoms with van der Waals surface area (Å²) < 4.78 is 26.2. The molecule has 0 spiro atoms. The summed E-state index contributed by atoms with van der Waals surface area (Å²) in [5, 5.41) is 17.5. The van der Waals surface area contributed by atoms with Gasteiger partial charge in [0.1, 0.15) is 0 Å². The summed E-state index contributed by atoms with van der Waals surface area (Å²) >= 11 is 0. The number of hydrogen-bond donors (Lipinski definition) is 3. The van der Waals surface area contributed by atoms with E-state index in [0.717, 1.165) is 5.56 Å². The Kier molecular flexibility index (Phi) is 5.04. The normalized spacial score (nSPS) is 13.2. The number of hydrogen-bond acceptors (Lipinski definition) is 4. The number of nitrogens with one attached hydrogen (secondary N) is 1. The first-order chi connectivity index (χ1) is 8.74. The Morgan fingerprint density at radius 3 is 2.53 bits per heavy atom. The molecule has 1 aromatic rings. The van der Waals surface area contributed by atoms with Crippen LogP contribution in [-0.4, -0.2) is 37.2 Å². The molecule has 0 amide bonds. The number of sulfonamides is 1. The standard InChI is InChI=1S/C12H17NO5S/c1-8-3-4-11(9(2)7-8)19(17,18)13-6-5-10(14)12(15)16/h3-4,7,10,13-14H,5-6H2,1-2H3,(H,15,16). The van der Waals surface area contributed by atoms with E-state index in [1.165, 1.54) is 6.07 Å². The number of aliphatic hydroxyl groups is 1. The molecule has 19 heavy (non-hydrogen) atoms. The van der Waals surface area contributed by atoms with Gasteiger partial charge in [0.15, 0.2) is 6.10 Å². The minimum Gasteiger partial charge on any atom is -0.479 e. The van der Waals surface area contributed by atoms with E-state index in [9.17, 15) is 13.2 Å². The van der Waals surface area contributed by atoms with E-state index in [2.05, 4.69) is 4.72 Å². The highest BCUT2D eigenvalue weighted by molar-refractivity contribution is 7.89. The molecule has 3 N–H and O–H groups in total. The summed E-state index contributed by atoms with van der Waals surface area (Å²) in [6, 6.07) is 4.94. The van der Waals surface area contributed by atoms with Crippen molar-refractivity contribution in [3.05, 3.63) is 29.3 Å². The number of carboxylic acids is 1. The quantitative estimate of drug-likeness (QED) is 0.703. The minimum absolute atomic E-state index is 0.136. The lowest BCUT2D eigenvalue weighted by Gasteiger charge is -2.10. The molecule has 106 valence electrons. The molecule has 0 aliphatic carbocycles. The average molecular weight is 287 g/mol. The predicted octanol–water partition coefficient (Wildman–Crippen LogP) is 0.417. The average Bonchev–Trinajstić information content (AvgIpc) is 2.27. The molecular weight excluding hydrogens is 270 g/mol. The van der Waals surface area contributed by atoms with Gasteiger partial charge in [-0.05, 0) is 31.9 Å². The number of rotatable bonds is 6. The Labute approximate surface area is 112 Å². The van der Waals surface area contributed by atoms with E-state index in [0.29, 0.717) is 5.56 Å². The Morgan fingerprint density at radius 1 is 1.37 bits per heavy atom. The van der Waals surface area contributed by atoms with Crippen LogP contribution >= 0.6 is 0 Å². The van der Waals surface area contributed by atoms with Crippen molar-refractivity contribution in [3.63, 3.8) is 0 Å². The van der Waals surface area contributed by atoms with Crippen molar-refractivity contribution in [2.24, 2.45) is 0 Å². The highest BCUT2D eigenvalue weighted by Crippen LogP contribution is 2.16. The van der Waals surface area contributed by atoms with Gasteiger partial charge in [-0.15, -0.1) is 0 Å². The highest BCUT2D eigenvalue weighted by atomic mass is 32.2. The lowest BCUT2D eigenvalue weighted by atomic mass is 10.2. The first kappa shape index (κ1) is 15.6. The molecule has 1 unspecified atom stereocenters. The summed E-state index contributed by atoms with van der Waals surface area (Å²) in [5.41, 5.74) is 1.57. The molecule has 0 aliphatic heterocycles. The number of carbonyl (C=O) groups is 1. The fourth-order valence-corrected chi connectivity index (χ4v) is 2.90. The molecule has 7 heteroatoms. The zero-order valence-corrected chi connectivity index (χ0v) is 11.6. The second-order valence-corrected chi connectivity index (χ2v) is 6.04. The molecule has 6 nitrogen and oxygen atoms in total. The molecule has 1 rings (SSSR count). The number of benzene rings is 1. The zero-order chi connectivity index (χ0) is 14.6. The van der Waals surface area contributed by atoms with Crippen LogP contribution in [0.25, 0.3) is 0 Å². The maximum absolute atomic E-state index is 12.0. The number of carboxylic acid groups (broad SMARTS) is 1. The van der Waals surface area contributed by atoms with Crippen LogP contribution in [0, 0.1) is 13.8 Å². The summed E-state index contributed by atoms with van der Waals surface area (Å²) in [7, 11) is -3.68. The van der Waals surface area contributed by atoms with Gasteiger partial charge >= 0.3 is 5.97 Å². The van der Waals surface area contributed by atoms with Gasteiger partial charge in [-0.3, -0.25) is 0 Å². The van der Waals surface area contributed by atoms with Crippen LogP contribution in [0.3, 0.4) is 0 Å². The van der Waals surface area contributed by atoms with Gasteiger partial charge in [0.05, 0.1) is 4.90 Å². The van der Waals surface area contributed by atoms with Gasteiger partial charge in [0.2, 0.25) is 10.0 Å². The molecule has 0 heterocycles. The third-order valence-electron chi connectivity index (χ3n) is 2.61. The topological polar surface area (TPSA) is 104 Å². The molecule has 1 atom stereocenters. The molecule has 0 aromatic heterocycles. The third-order valence-corrected chi connectivity index (χ3v) is 4.24. The first-order valence-electron chi connectivity index (χ1n) is 5.72. The Hall–Kier alpha value is -1.44. The van der Waals surface area contributed by atoms with E-state index in [-0.39, 0.29) is 17.9 Å². The van der Waals surface area contributed by atoms with Crippen molar-refractivity contribution >= 4 is 16.0 Å². The summed E-state index contributed by atoms with van der Waals surface area (Å²) in [4.78, 5) is 10.5. The highest BCUT2D eigenvalue weighted by Gasteiger charge is 2.18. The Bertz CT molecular complexity index is 567. The van der Waals surface area contributed by atoms with Crippen LogP contribution in [0.1, 0.15) is 17.5 Å². The number of aliphatic carboxylic acids is 1. The van der Waals surface area contributed by atoms with Gasteiger partial charge in [0.25, 0.3) is 0 Å². The fraction of sp³-hybridized carbons (Fsp3) is 0.417. The molecule has 1 aromatic carbocycles. The fourth-order valence-electron chi connectivity index (χ4n) is 1.63. The van der Waals surface area contributed by atoms with E-state index in [1.807, 2.05) is 6.92 Å². The first-order valence-corrected chi connectivity index (χ1v) is 7.20. The lowest BCUT2D eigenvalue weighted by molar-refractivity contribution is -0.146. The van der Waals surface area contributed by atoms with Crippen molar-refractivity contribution in [2.45, 2.75) is 31.3 Å². The van der Waals surface area contributed by atoms with Crippen molar-refractivity contribution in [2.75, 3.05) is 6.54 Å². The number of aliphatic hydroxyl groups excluding tert-OH is 1. The Balaban J connectivity index is 2.74. The maximum Gasteiger partial charge on any atom is 0.332 e. The smallest absolute Gasteiger partial charge is 0.332 e. The molecule has 0 radical (unpaired) electrons. The van der Waals surface area contributed by atoms with Crippen LogP contribution in [0.15, 0.2) is 23.1 Å². The van der Waals surface area contributed by atoms with Crippen LogP contribution in [0.2, 0.25) is 0 Å². The van der Waals surface area contributed by atoms with E-state index in [1.54, 1.807) is 19.1 Å². The van der Waals surface area contributed by atoms with Crippen LogP contribution in [0.4, 0.5) is 0 Å². The lowest BCUT2D eigenvalue weighted by Crippen LogP contribution is -2.30. The molecule has 0 saturated heterocycles. The summed E-state index contributed by atoms with van der Waals surface area (Å²) in [6.45, 7) is 3.41. The van der Waals surface area contributed by atoms with Crippen molar-refractivity contribution in [1.82, 2.24) is 4.72 Å². The Morgan fingerprint density at radius 2 is 2.00 bits per heavy atom.